The maximum Gasteiger partial charge on any atom is 0.255 e. The first kappa shape index (κ1) is 13.1. The molecular formula is C15H15FN2O. The third-order valence-electron chi connectivity index (χ3n) is 2.97. The average molecular weight is 258 g/mol. The van der Waals surface area contributed by atoms with E-state index in [0.29, 0.717) is 16.9 Å². The third kappa shape index (κ3) is 2.91. The summed E-state index contributed by atoms with van der Waals surface area (Å²) in [5.41, 5.74) is 8.70. The van der Waals surface area contributed by atoms with Gasteiger partial charge in [-0.1, -0.05) is 12.1 Å². The summed E-state index contributed by atoms with van der Waals surface area (Å²) in [6.07, 6.45) is 0. The number of aryl methyl sites for hydroxylation is 2. The lowest BCUT2D eigenvalue weighted by Gasteiger charge is -2.08. The van der Waals surface area contributed by atoms with E-state index in [1.54, 1.807) is 31.2 Å². The van der Waals surface area contributed by atoms with Crippen LogP contribution in [0.3, 0.4) is 0 Å². The Labute approximate surface area is 111 Å². The van der Waals surface area contributed by atoms with Crippen LogP contribution in [-0.2, 0) is 0 Å². The fourth-order valence-corrected chi connectivity index (χ4v) is 1.66. The van der Waals surface area contributed by atoms with Crippen molar-refractivity contribution in [2.45, 2.75) is 13.8 Å². The van der Waals surface area contributed by atoms with E-state index >= 15 is 0 Å². The molecule has 0 unspecified atom stereocenters. The Morgan fingerprint density at radius 2 is 1.79 bits per heavy atom. The molecule has 0 spiro atoms. The molecule has 2 rings (SSSR count). The van der Waals surface area contributed by atoms with Crippen LogP contribution in [0.15, 0.2) is 36.4 Å². The Kier molecular flexibility index (Phi) is 3.51. The van der Waals surface area contributed by atoms with Crippen LogP contribution in [0.25, 0.3) is 0 Å². The summed E-state index contributed by atoms with van der Waals surface area (Å²) < 4.78 is 13.4. The van der Waals surface area contributed by atoms with E-state index in [1.807, 2.05) is 13.0 Å². The molecule has 98 valence electrons. The molecular weight excluding hydrogens is 243 g/mol. The highest BCUT2D eigenvalue weighted by Gasteiger charge is 2.09. The molecule has 0 aliphatic heterocycles. The van der Waals surface area contributed by atoms with Crippen molar-refractivity contribution in [3.63, 3.8) is 0 Å². The second-order valence-corrected chi connectivity index (χ2v) is 4.49. The molecule has 2 aromatic carbocycles. The second kappa shape index (κ2) is 5.10. The molecule has 0 saturated heterocycles. The summed E-state index contributed by atoms with van der Waals surface area (Å²) in [5.74, 6) is -0.752. The van der Waals surface area contributed by atoms with E-state index in [0.717, 1.165) is 5.56 Å². The molecule has 0 radical (unpaired) electrons. The number of nitrogen functional groups attached to an aromatic ring is 1. The number of hydrogen-bond donors (Lipinski definition) is 2. The normalized spacial score (nSPS) is 10.3. The monoisotopic (exact) mass is 258 g/mol. The largest absolute Gasteiger partial charge is 0.398 e. The number of benzene rings is 2. The average Bonchev–Trinajstić information content (AvgIpc) is 2.37. The topological polar surface area (TPSA) is 55.1 Å². The van der Waals surface area contributed by atoms with E-state index < -0.39 is 5.82 Å². The third-order valence-corrected chi connectivity index (χ3v) is 2.97. The van der Waals surface area contributed by atoms with Crippen molar-refractivity contribution in [2.24, 2.45) is 0 Å². The molecule has 4 heteroatoms. The molecule has 3 nitrogen and oxygen atoms in total. The summed E-state index contributed by atoms with van der Waals surface area (Å²) in [4.78, 5) is 12.0. The van der Waals surface area contributed by atoms with Crippen molar-refractivity contribution in [1.82, 2.24) is 0 Å². The van der Waals surface area contributed by atoms with E-state index in [-0.39, 0.29) is 11.5 Å². The Hall–Kier alpha value is -2.36. The molecule has 0 atom stereocenters. The van der Waals surface area contributed by atoms with Crippen molar-refractivity contribution in [3.8, 4) is 0 Å². The first-order chi connectivity index (χ1) is 8.97. The van der Waals surface area contributed by atoms with Gasteiger partial charge in [-0.2, -0.15) is 0 Å². The summed E-state index contributed by atoms with van der Waals surface area (Å²) in [7, 11) is 0. The van der Waals surface area contributed by atoms with Gasteiger partial charge in [0.2, 0.25) is 0 Å². The minimum Gasteiger partial charge on any atom is -0.398 e. The zero-order valence-corrected chi connectivity index (χ0v) is 10.8. The number of carbonyl (C=O) groups excluding carboxylic acids is 1. The van der Waals surface area contributed by atoms with Crippen molar-refractivity contribution in [1.29, 1.82) is 0 Å². The molecule has 0 bridgehead atoms. The summed E-state index contributed by atoms with van der Waals surface area (Å²) in [6.45, 7) is 3.54. The van der Waals surface area contributed by atoms with Gasteiger partial charge in [-0.15, -0.1) is 0 Å². The number of halogens is 1. The number of nitrogens with one attached hydrogen (secondary N) is 1. The van der Waals surface area contributed by atoms with Gasteiger partial charge >= 0.3 is 0 Å². The predicted octanol–water partition coefficient (Wildman–Crippen LogP) is 3.28. The SMILES string of the molecule is Cc1ccc(NC(=O)c2ccc(C)c(F)c2)cc1N. The van der Waals surface area contributed by atoms with Crippen LogP contribution >= 0.6 is 0 Å². The lowest BCUT2D eigenvalue weighted by molar-refractivity contribution is 0.102. The van der Waals surface area contributed by atoms with Gasteiger partial charge in [0.05, 0.1) is 0 Å². The first-order valence-electron chi connectivity index (χ1n) is 5.91. The molecule has 3 N–H and O–H groups in total. The Bertz CT molecular complexity index is 638. The van der Waals surface area contributed by atoms with Crippen molar-refractivity contribution in [3.05, 3.63) is 58.9 Å². The molecule has 0 aliphatic carbocycles. The Morgan fingerprint density at radius 1 is 1.11 bits per heavy atom. The second-order valence-electron chi connectivity index (χ2n) is 4.49. The van der Waals surface area contributed by atoms with Gasteiger partial charge in [-0.3, -0.25) is 4.79 Å². The van der Waals surface area contributed by atoms with Crippen LogP contribution < -0.4 is 11.1 Å². The van der Waals surface area contributed by atoms with Gasteiger partial charge in [-0.25, -0.2) is 4.39 Å². The van der Waals surface area contributed by atoms with Crippen molar-refractivity contribution >= 4 is 17.3 Å². The highest BCUT2D eigenvalue weighted by molar-refractivity contribution is 6.04. The van der Waals surface area contributed by atoms with Crippen molar-refractivity contribution < 1.29 is 9.18 Å². The highest BCUT2D eigenvalue weighted by Crippen LogP contribution is 2.18. The molecule has 1 amide bonds. The van der Waals surface area contributed by atoms with Crippen LogP contribution in [0.2, 0.25) is 0 Å². The molecule has 0 aromatic heterocycles. The quantitative estimate of drug-likeness (QED) is 0.812. The minimum absolute atomic E-state index is 0.280. The van der Waals surface area contributed by atoms with Crippen LogP contribution in [0, 0.1) is 19.7 Å². The molecule has 0 aliphatic rings. The fourth-order valence-electron chi connectivity index (χ4n) is 1.66. The zero-order valence-electron chi connectivity index (χ0n) is 10.8. The number of rotatable bonds is 2. The highest BCUT2D eigenvalue weighted by atomic mass is 19.1. The lowest BCUT2D eigenvalue weighted by atomic mass is 10.1. The van der Waals surface area contributed by atoms with Gasteiger partial charge in [0, 0.05) is 16.9 Å². The molecule has 19 heavy (non-hydrogen) atoms. The van der Waals surface area contributed by atoms with E-state index in [2.05, 4.69) is 5.32 Å². The maximum absolute atomic E-state index is 13.4. The number of anilines is 2. The number of nitrogens with two attached hydrogens (primary N) is 1. The maximum atomic E-state index is 13.4. The van der Waals surface area contributed by atoms with E-state index in [4.69, 9.17) is 5.73 Å². The summed E-state index contributed by atoms with van der Waals surface area (Å²) in [6, 6.07) is 9.65. The van der Waals surface area contributed by atoms with Crippen LogP contribution in [-0.4, -0.2) is 5.91 Å². The van der Waals surface area contributed by atoms with E-state index in [1.165, 1.54) is 6.07 Å². The fraction of sp³-hybridized carbons (Fsp3) is 0.133. The Balaban J connectivity index is 2.20. The molecule has 0 saturated carbocycles. The van der Waals surface area contributed by atoms with Crippen LogP contribution in [0.4, 0.5) is 15.8 Å². The Morgan fingerprint density at radius 3 is 2.42 bits per heavy atom. The summed E-state index contributed by atoms with van der Waals surface area (Å²) in [5, 5.41) is 2.69. The van der Waals surface area contributed by atoms with Crippen LogP contribution in [0.1, 0.15) is 21.5 Å². The van der Waals surface area contributed by atoms with Crippen LogP contribution in [0.5, 0.6) is 0 Å². The standard InChI is InChI=1S/C15H15FN2O/c1-9-3-5-11(7-13(9)16)15(19)18-12-6-4-10(2)14(17)8-12/h3-8H,17H2,1-2H3,(H,18,19). The van der Waals surface area contributed by atoms with Crippen molar-refractivity contribution in [2.75, 3.05) is 11.1 Å². The smallest absolute Gasteiger partial charge is 0.255 e. The molecule has 2 aromatic rings. The number of amides is 1. The predicted molar refractivity (Wildman–Crippen MR) is 74.7 cm³/mol. The van der Waals surface area contributed by atoms with Gasteiger partial charge < -0.3 is 11.1 Å². The summed E-state index contributed by atoms with van der Waals surface area (Å²) >= 11 is 0. The van der Waals surface area contributed by atoms with Gasteiger partial charge in [0.15, 0.2) is 0 Å². The van der Waals surface area contributed by atoms with Gasteiger partial charge in [-0.05, 0) is 49.2 Å². The van der Waals surface area contributed by atoms with Gasteiger partial charge in [0.1, 0.15) is 5.82 Å². The van der Waals surface area contributed by atoms with E-state index in [9.17, 15) is 9.18 Å². The molecule has 0 heterocycles. The minimum atomic E-state index is -0.393. The zero-order chi connectivity index (χ0) is 14.0. The lowest BCUT2D eigenvalue weighted by Crippen LogP contribution is -2.12. The first-order valence-corrected chi connectivity index (χ1v) is 5.91. The number of carbonyl (C=O) groups is 1. The molecule has 0 fully saturated rings. The van der Waals surface area contributed by atoms with Gasteiger partial charge in [0.25, 0.3) is 5.91 Å². The number of hydrogen-bond acceptors (Lipinski definition) is 2.